The third kappa shape index (κ3) is 33.3. The van der Waals surface area contributed by atoms with Crippen LogP contribution in [0.3, 0.4) is 0 Å². The fourth-order valence-corrected chi connectivity index (χ4v) is 5.36. The van der Waals surface area contributed by atoms with E-state index >= 15 is 0 Å². The molecule has 280 valence electrons. The van der Waals surface area contributed by atoms with Crippen LogP contribution in [0.5, 0.6) is 0 Å². The van der Waals surface area contributed by atoms with Crippen LogP contribution in [-0.4, -0.2) is 41.6 Å². The standard InChI is InChI=1S/C42H72N2O5/c1-3-5-7-8-9-10-11-12-13-14-15-16-17-18-19-20-21-22-23-24-30-36-41(46)49-38(32-27-6-4-2)33-28-25-26-29-35-40(45)44-39(42(47)48)34-31-37-43/h5,7,9-10,12-13,15-16,27,32,38-39H,3-4,6,8,11,14,17-26,28-31,33-37,43H2,1-2H3,(H,44,45)(H,47,48)/b7-5-,10-9-,13-12-,16-15-,32-27-. The first-order valence-corrected chi connectivity index (χ1v) is 19.6. The molecule has 0 saturated heterocycles. The van der Waals surface area contributed by atoms with Crippen LogP contribution < -0.4 is 11.1 Å². The van der Waals surface area contributed by atoms with E-state index < -0.39 is 12.0 Å². The van der Waals surface area contributed by atoms with Gasteiger partial charge < -0.3 is 20.9 Å². The highest BCUT2D eigenvalue weighted by molar-refractivity contribution is 5.83. The van der Waals surface area contributed by atoms with Crippen molar-refractivity contribution < 1.29 is 24.2 Å². The molecule has 0 bridgehead atoms. The van der Waals surface area contributed by atoms with Crippen LogP contribution in [0.2, 0.25) is 0 Å². The summed E-state index contributed by atoms with van der Waals surface area (Å²) in [5.74, 6) is -1.36. The van der Waals surface area contributed by atoms with Crippen LogP contribution in [0, 0.1) is 0 Å². The minimum atomic E-state index is -1.02. The first-order chi connectivity index (χ1) is 23.9. The number of hydrogen-bond acceptors (Lipinski definition) is 5. The molecular weight excluding hydrogens is 612 g/mol. The molecule has 0 radical (unpaired) electrons. The number of nitrogens with one attached hydrogen (secondary N) is 1. The fraction of sp³-hybridized carbons (Fsp3) is 0.690. The Morgan fingerprint density at radius 2 is 1.18 bits per heavy atom. The number of nitrogens with two attached hydrogens (primary N) is 1. The molecule has 2 unspecified atom stereocenters. The Kier molecular flexibility index (Phi) is 34.2. The van der Waals surface area contributed by atoms with E-state index in [0.717, 1.165) is 77.0 Å². The van der Waals surface area contributed by atoms with Gasteiger partial charge in [-0.05, 0) is 96.1 Å². The molecule has 1 amide bonds. The van der Waals surface area contributed by atoms with E-state index in [1.807, 2.05) is 6.08 Å². The molecule has 49 heavy (non-hydrogen) atoms. The summed E-state index contributed by atoms with van der Waals surface area (Å²) < 4.78 is 5.82. The predicted octanol–water partition coefficient (Wildman–Crippen LogP) is 10.6. The van der Waals surface area contributed by atoms with E-state index in [1.165, 1.54) is 44.9 Å². The van der Waals surface area contributed by atoms with Crippen LogP contribution in [0.25, 0.3) is 0 Å². The van der Waals surface area contributed by atoms with Crippen molar-refractivity contribution in [3.05, 3.63) is 60.8 Å². The Balaban J connectivity index is 3.94. The smallest absolute Gasteiger partial charge is 0.326 e. The summed E-state index contributed by atoms with van der Waals surface area (Å²) in [4.78, 5) is 36.0. The number of allylic oxidation sites excluding steroid dienone is 9. The number of ether oxygens (including phenoxy) is 1. The molecule has 0 saturated carbocycles. The number of unbranched alkanes of at least 4 members (excludes halogenated alkanes) is 12. The van der Waals surface area contributed by atoms with E-state index in [1.54, 1.807) is 0 Å². The maximum absolute atomic E-state index is 12.5. The van der Waals surface area contributed by atoms with E-state index in [0.29, 0.717) is 38.6 Å². The molecule has 2 atom stereocenters. The lowest BCUT2D eigenvalue weighted by Gasteiger charge is -2.15. The number of esters is 1. The first kappa shape index (κ1) is 46.1. The number of carbonyl (C=O) groups excluding carboxylic acids is 2. The zero-order valence-corrected chi connectivity index (χ0v) is 31.3. The van der Waals surface area contributed by atoms with Crippen LogP contribution in [0.15, 0.2) is 60.8 Å². The van der Waals surface area contributed by atoms with Crippen LogP contribution >= 0.6 is 0 Å². The lowest BCUT2D eigenvalue weighted by molar-refractivity contribution is -0.147. The second kappa shape index (κ2) is 36.4. The maximum Gasteiger partial charge on any atom is 0.326 e. The maximum atomic E-state index is 12.5. The van der Waals surface area contributed by atoms with Crippen LogP contribution in [-0.2, 0) is 19.1 Å². The van der Waals surface area contributed by atoms with E-state index in [-0.39, 0.29) is 18.0 Å². The van der Waals surface area contributed by atoms with Gasteiger partial charge in [-0.2, -0.15) is 0 Å². The van der Waals surface area contributed by atoms with Gasteiger partial charge in [0.25, 0.3) is 0 Å². The summed E-state index contributed by atoms with van der Waals surface area (Å²) in [7, 11) is 0. The highest BCUT2D eigenvalue weighted by Gasteiger charge is 2.19. The van der Waals surface area contributed by atoms with E-state index in [2.05, 4.69) is 73.8 Å². The largest absolute Gasteiger partial charge is 0.480 e. The topological polar surface area (TPSA) is 119 Å². The quantitative estimate of drug-likeness (QED) is 0.0353. The van der Waals surface area contributed by atoms with Crippen molar-refractivity contribution in [2.24, 2.45) is 5.73 Å². The Morgan fingerprint density at radius 3 is 1.78 bits per heavy atom. The lowest BCUT2D eigenvalue weighted by Crippen LogP contribution is -2.40. The number of hydrogen-bond donors (Lipinski definition) is 3. The molecule has 0 fully saturated rings. The normalized spacial score (nSPS) is 13.4. The lowest BCUT2D eigenvalue weighted by atomic mass is 10.1. The van der Waals surface area contributed by atoms with Crippen molar-refractivity contribution in [1.82, 2.24) is 5.32 Å². The van der Waals surface area contributed by atoms with Gasteiger partial charge in [0.15, 0.2) is 0 Å². The van der Waals surface area contributed by atoms with Gasteiger partial charge in [-0.15, -0.1) is 0 Å². The average molecular weight is 685 g/mol. The molecule has 0 heterocycles. The highest BCUT2D eigenvalue weighted by Crippen LogP contribution is 2.15. The summed E-state index contributed by atoms with van der Waals surface area (Å²) >= 11 is 0. The molecule has 0 aliphatic rings. The predicted molar refractivity (Wildman–Crippen MR) is 206 cm³/mol. The van der Waals surface area contributed by atoms with Crippen LogP contribution in [0.1, 0.15) is 168 Å². The molecule has 7 nitrogen and oxygen atoms in total. The SMILES string of the molecule is CC/C=C\C/C=C\C/C=C\C/C=C\CCCCCCCCCCC(=O)OC(/C=C\CCC)CCCCCCC(=O)NC(CCCN)C(=O)O. The minimum Gasteiger partial charge on any atom is -0.480 e. The van der Waals surface area contributed by atoms with Gasteiger partial charge in [0.1, 0.15) is 12.1 Å². The Labute approximate surface area is 300 Å². The number of rotatable bonds is 34. The van der Waals surface area contributed by atoms with Gasteiger partial charge in [0.05, 0.1) is 0 Å². The molecule has 0 aromatic rings. The van der Waals surface area contributed by atoms with Gasteiger partial charge in [-0.1, -0.05) is 126 Å². The van der Waals surface area contributed by atoms with Crippen molar-refractivity contribution >= 4 is 17.8 Å². The highest BCUT2D eigenvalue weighted by atomic mass is 16.5. The van der Waals surface area contributed by atoms with Crippen molar-refractivity contribution in [3.8, 4) is 0 Å². The fourth-order valence-electron chi connectivity index (χ4n) is 5.36. The molecule has 7 heteroatoms. The van der Waals surface area contributed by atoms with Gasteiger partial charge in [0, 0.05) is 12.8 Å². The molecule has 0 aromatic heterocycles. The van der Waals surface area contributed by atoms with E-state index in [4.69, 9.17) is 10.5 Å². The number of amides is 1. The van der Waals surface area contributed by atoms with Gasteiger partial charge in [-0.3, -0.25) is 9.59 Å². The molecular formula is C42H72N2O5. The molecule has 0 aromatic carbocycles. The first-order valence-electron chi connectivity index (χ1n) is 19.6. The summed E-state index contributed by atoms with van der Waals surface area (Å²) in [6.07, 6.45) is 44.6. The molecule has 0 spiro atoms. The number of aliphatic carboxylic acids is 1. The summed E-state index contributed by atoms with van der Waals surface area (Å²) in [6, 6.07) is -0.871. The van der Waals surface area contributed by atoms with Crippen molar-refractivity contribution in [3.63, 3.8) is 0 Å². The number of carboxylic acid groups (broad SMARTS) is 1. The summed E-state index contributed by atoms with van der Waals surface area (Å²) in [6.45, 7) is 4.69. The summed E-state index contributed by atoms with van der Waals surface area (Å²) in [5.41, 5.74) is 5.46. The van der Waals surface area contributed by atoms with Gasteiger partial charge >= 0.3 is 11.9 Å². The zero-order valence-electron chi connectivity index (χ0n) is 31.3. The van der Waals surface area contributed by atoms with Crippen molar-refractivity contribution in [2.45, 2.75) is 180 Å². The van der Waals surface area contributed by atoms with Gasteiger partial charge in [-0.25, -0.2) is 4.79 Å². The zero-order chi connectivity index (χ0) is 36.0. The van der Waals surface area contributed by atoms with Crippen LogP contribution in [0.4, 0.5) is 0 Å². The monoisotopic (exact) mass is 685 g/mol. The Bertz CT molecular complexity index is 953. The third-order valence-corrected chi connectivity index (χ3v) is 8.28. The molecule has 0 aliphatic heterocycles. The van der Waals surface area contributed by atoms with Gasteiger partial charge in [0.2, 0.25) is 5.91 Å². The Hall–Kier alpha value is -2.93. The van der Waals surface area contributed by atoms with E-state index in [9.17, 15) is 19.5 Å². The second-order valence-electron chi connectivity index (χ2n) is 13.0. The number of carboxylic acids is 1. The minimum absolute atomic E-state index is 0.110. The summed E-state index contributed by atoms with van der Waals surface area (Å²) in [5, 5.41) is 11.9. The Morgan fingerprint density at radius 1 is 0.633 bits per heavy atom. The third-order valence-electron chi connectivity index (χ3n) is 8.28. The molecule has 0 aliphatic carbocycles. The number of carbonyl (C=O) groups is 3. The molecule has 4 N–H and O–H groups in total. The second-order valence-corrected chi connectivity index (χ2v) is 13.0. The molecule has 0 rings (SSSR count). The average Bonchev–Trinajstić information content (AvgIpc) is 3.08. The van der Waals surface area contributed by atoms with Crippen molar-refractivity contribution in [1.29, 1.82) is 0 Å². The van der Waals surface area contributed by atoms with Crippen molar-refractivity contribution in [2.75, 3.05) is 6.54 Å².